The van der Waals surface area contributed by atoms with E-state index in [1.54, 1.807) is 30.5 Å². The number of ether oxygens (including phenoxy) is 1. The van der Waals surface area contributed by atoms with Crippen molar-refractivity contribution in [1.82, 2.24) is 4.57 Å². The minimum absolute atomic E-state index is 0.0444. The van der Waals surface area contributed by atoms with Crippen molar-refractivity contribution < 1.29 is 13.9 Å². The van der Waals surface area contributed by atoms with Crippen molar-refractivity contribution in [3.05, 3.63) is 70.9 Å². The van der Waals surface area contributed by atoms with E-state index in [-0.39, 0.29) is 29.9 Å². The van der Waals surface area contributed by atoms with Gasteiger partial charge in [-0.25, -0.2) is 4.39 Å². The molecule has 0 unspecified atom stereocenters. The molecule has 1 amide bonds. The lowest BCUT2D eigenvalue weighted by Crippen LogP contribution is -2.27. The zero-order valence-corrected chi connectivity index (χ0v) is 14.5. The molecular formula is C20H19FN2O3. The van der Waals surface area contributed by atoms with E-state index < -0.39 is 0 Å². The Morgan fingerprint density at radius 1 is 1.15 bits per heavy atom. The van der Waals surface area contributed by atoms with Crippen molar-refractivity contribution in [3.63, 3.8) is 0 Å². The molecule has 0 bridgehead atoms. The topological polar surface area (TPSA) is 60.3 Å². The van der Waals surface area contributed by atoms with Gasteiger partial charge >= 0.3 is 0 Å². The maximum Gasteiger partial charge on any atom is 0.258 e. The molecule has 6 heteroatoms. The number of anilines is 1. The summed E-state index contributed by atoms with van der Waals surface area (Å²) in [6.07, 6.45) is 1.62. The fraction of sp³-hybridized carbons (Fsp3) is 0.200. The minimum atomic E-state index is -0.380. The maximum absolute atomic E-state index is 12.9. The van der Waals surface area contributed by atoms with Crippen molar-refractivity contribution in [1.29, 1.82) is 0 Å². The van der Waals surface area contributed by atoms with Crippen LogP contribution in [0.1, 0.15) is 13.8 Å². The molecule has 26 heavy (non-hydrogen) atoms. The quantitative estimate of drug-likeness (QED) is 0.762. The van der Waals surface area contributed by atoms with Gasteiger partial charge in [0.2, 0.25) is 5.91 Å². The standard InChI is InChI=1S/C20H19FN2O3/c1-13(2)26-17-7-8-18-14(11-17)9-10-23(20(18)25)12-19(24)22-16-5-3-15(21)4-6-16/h3-11,13H,12H2,1-2H3,(H,22,24). The van der Waals surface area contributed by atoms with Gasteiger partial charge in [-0.15, -0.1) is 0 Å². The number of rotatable bonds is 5. The van der Waals surface area contributed by atoms with Gasteiger partial charge in [0.1, 0.15) is 18.1 Å². The van der Waals surface area contributed by atoms with Gasteiger partial charge in [-0.3, -0.25) is 9.59 Å². The summed E-state index contributed by atoms with van der Waals surface area (Å²) in [4.78, 5) is 24.7. The third-order valence-corrected chi connectivity index (χ3v) is 3.76. The van der Waals surface area contributed by atoms with Crippen molar-refractivity contribution in [2.45, 2.75) is 26.5 Å². The van der Waals surface area contributed by atoms with E-state index in [0.29, 0.717) is 16.8 Å². The molecule has 134 valence electrons. The van der Waals surface area contributed by atoms with E-state index in [1.165, 1.54) is 28.8 Å². The molecule has 0 saturated carbocycles. The van der Waals surface area contributed by atoms with Gasteiger partial charge in [-0.05, 0) is 67.8 Å². The fourth-order valence-corrected chi connectivity index (χ4v) is 2.62. The third-order valence-electron chi connectivity index (χ3n) is 3.76. The Bertz CT molecular complexity index is 994. The summed E-state index contributed by atoms with van der Waals surface area (Å²) in [5.74, 6) is -0.0499. The molecular weight excluding hydrogens is 335 g/mol. The average Bonchev–Trinajstić information content (AvgIpc) is 2.59. The second kappa shape index (κ2) is 7.39. The largest absolute Gasteiger partial charge is 0.491 e. The first-order chi connectivity index (χ1) is 12.4. The number of amides is 1. The van der Waals surface area contributed by atoms with Crippen LogP contribution >= 0.6 is 0 Å². The van der Waals surface area contributed by atoms with Crippen LogP contribution in [-0.2, 0) is 11.3 Å². The molecule has 0 fully saturated rings. The fourth-order valence-electron chi connectivity index (χ4n) is 2.62. The number of benzene rings is 2. The van der Waals surface area contributed by atoms with Crippen molar-refractivity contribution >= 4 is 22.4 Å². The van der Waals surface area contributed by atoms with Gasteiger partial charge in [0.25, 0.3) is 5.56 Å². The Morgan fingerprint density at radius 2 is 1.88 bits per heavy atom. The van der Waals surface area contributed by atoms with E-state index in [2.05, 4.69) is 5.32 Å². The van der Waals surface area contributed by atoms with Gasteiger partial charge in [-0.1, -0.05) is 0 Å². The maximum atomic E-state index is 12.9. The molecule has 0 spiro atoms. The van der Waals surface area contributed by atoms with E-state index in [1.807, 2.05) is 13.8 Å². The number of aromatic nitrogens is 1. The number of nitrogens with zero attached hydrogens (tertiary/aromatic N) is 1. The molecule has 3 aromatic rings. The first kappa shape index (κ1) is 17.7. The number of nitrogens with one attached hydrogen (secondary N) is 1. The van der Waals surface area contributed by atoms with E-state index in [9.17, 15) is 14.0 Å². The summed E-state index contributed by atoms with van der Waals surface area (Å²) >= 11 is 0. The monoisotopic (exact) mass is 354 g/mol. The number of hydrogen-bond donors (Lipinski definition) is 1. The Labute approximate surface area is 150 Å². The molecule has 0 saturated heterocycles. The van der Waals surface area contributed by atoms with Crippen molar-refractivity contribution in [3.8, 4) is 5.75 Å². The van der Waals surface area contributed by atoms with Crippen LogP contribution in [0.3, 0.4) is 0 Å². The SMILES string of the molecule is CC(C)Oc1ccc2c(=O)n(CC(=O)Nc3ccc(F)cc3)ccc2c1. The summed E-state index contributed by atoms with van der Waals surface area (Å²) in [6.45, 7) is 3.74. The van der Waals surface area contributed by atoms with Crippen LogP contribution in [0.2, 0.25) is 0 Å². The van der Waals surface area contributed by atoms with Crippen LogP contribution in [0, 0.1) is 5.82 Å². The normalized spacial score (nSPS) is 10.9. The highest BCUT2D eigenvalue weighted by atomic mass is 19.1. The highest BCUT2D eigenvalue weighted by Crippen LogP contribution is 2.19. The number of carbonyl (C=O) groups excluding carboxylic acids is 1. The summed E-state index contributed by atoms with van der Waals surface area (Å²) in [6, 6.07) is 12.5. The molecule has 2 aromatic carbocycles. The number of halogens is 1. The van der Waals surface area contributed by atoms with Gasteiger partial charge in [-0.2, -0.15) is 0 Å². The van der Waals surface area contributed by atoms with Crippen LogP contribution < -0.4 is 15.6 Å². The van der Waals surface area contributed by atoms with Crippen molar-refractivity contribution in [2.75, 3.05) is 5.32 Å². The summed E-state index contributed by atoms with van der Waals surface area (Å²) < 4.78 is 19.9. The van der Waals surface area contributed by atoms with Crippen molar-refractivity contribution in [2.24, 2.45) is 0 Å². The number of pyridine rings is 1. The summed E-state index contributed by atoms with van der Waals surface area (Å²) in [7, 11) is 0. The highest BCUT2D eigenvalue weighted by molar-refractivity contribution is 5.91. The van der Waals surface area contributed by atoms with Crippen LogP contribution in [0.15, 0.2) is 59.5 Å². The Balaban J connectivity index is 1.79. The summed E-state index contributed by atoms with van der Waals surface area (Å²) in [5, 5.41) is 3.90. The van der Waals surface area contributed by atoms with Gasteiger partial charge < -0.3 is 14.6 Å². The predicted molar refractivity (Wildman–Crippen MR) is 99.0 cm³/mol. The minimum Gasteiger partial charge on any atom is -0.491 e. The molecule has 1 heterocycles. The first-order valence-corrected chi connectivity index (χ1v) is 8.27. The van der Waals surface area contributed by atoms with Crippen LogP contribution in [0.25, 0.3) is 10.8 Å². The zero-order valence-electron chi connectivity index (χ0n) is 14.5. The molecule has 0 aliphatic carbocycles. The second-order valence-corrected chi connectivity index (χ2v) is 6.22. The number of carbonyl (C=O) groups is 1. The predicted octanol–water partition coefficient (Wildman–Crippen LogP) is 3.57. The van der Waals surface area contributed by atoms with Gasteiger partial charge in [0, 0.05) is 17.3 Å². The van der Waals surface area contributed by atoms with Gasteiger partial charge in [0.15, 0.2) is 0 Å². The molecule has 1 N–H and O–H groups in total. The van der Waals surface area contributed by atoms with Crippen LogP contribution in [-0.4, -0.2) is 16.6 Å². The highest BCUT2D eigenvalue weighted by Gasteiger charge is 2.09. The van der Waals surface area contributed by atoms with Crippen LogP contribution in [0.4, 0.5) is 10.1 Å². The lowest BCUT2D eigenvalue weighted by molar-refractivity contribution is -0.116. The molecule has 1 aromatic heterocycles. The molecule has 0 aliphatic heterocycles. The summed E-state index contributed by atoms with van der Waals surface area (Å²) in [5.41, 5.74) is 0.216. The smallest absolute Gasteiger partial charge is 0.258 e. The van der Waals surface area contributed by atoms with E-state index in [0.717, 1.165) is 5.39 Å². The Kier molecular flexibility index (Phi) is 5.02. The average molecular weight is 354 g/mol. The molecule has 5 nitrogen and oxygen atoms in total. The Hall–Kier alpha value is -3.15. The molecule has 3 rings (SSSR count). The van der Waals surface area contributed by atoms with E-state index in [4.69, 9.17) is 4.74 Å². The lowest BCUT2D eigenvalue weighted by atomic mass is 10.1. The van der Waals surface area contributed by atoms with E-state index >= 15 is 0 Å². The molecule has 0 radical (unpaired) electrons. The molecule has 0 atom stereocenters. The first-order valence-electron chi connectivity index (χ1n) is 8.27. The second-order valence-electron chi connectivity index (χ2n) is 6.22. The third kappa shape index (κ3) is 4.08. The number of hydrogen-bond acceptors (Lipinski definition) is 3. The van der Waals surface area contributed by atoms with Crippen LogP contribution in [0.5, 0.6) is 5.75 Å². The van der Waals surface area contributed by atoms with Gasteiger partial charge in [0.05, 0.1) is 6.10 Å². The lowest BCUT2D eigenvalue weighted by Gasteiger charge is -2.11. The zero-order chi connectivity index (χ0) is 18.7. The molecule has 0 aliphatic rings. The number of fused-ring (bicyclic) bond motifs is 1. The Morgan fingerprint density at radius 3 is 2.58 bits per heavy atom.